The number of morpholine rings is 1. The topological polar surface area (TPSA) is 80.4 Å². The first-order chi connectivity index (χ1) is 18.6. The predicted octanol–water partition coefficient (Wildman–Crippen LogP) is 5.54. The monoisotopic (exact) mass is 524 g/mol. The molecule has 0 radical (unpaired) electrons. The summed E-state index contributed by atoms with van der Waals surface area (Å²) in [6.45, 7) is 2.23. The van der Waals surface area contributed by atoms with Gasteiger partial charge in [-0.15, -0.1) is 0 Å². The minimum Gasteiger partial charge on any atom is -0.489 e. The highest BCUT2D eigenvalue weighted by atomic mass is 35.5. The lowest BCUT2D eigenvalue weighted by Crippen LogP contribution is -2.41. The van der Waals surface area contributed by atoms with Gasteiger partial charge in [-0.3, -0.25) is 4.79 Å². The van der Waals surface area contributed by atoms with E-state index >= 15 is 0 Å². The number of para-hydroxylation sites is 1. The molecule has 0 saturated carbocycles. The second-order valence-corrected chi connectivity index (χ2v) is 9.17. The number of amides is 1. The lowest BCUT2D eigenvalue weighted by Gasteiger charge is -2.26. The van der Waals surface area contributed by atoms with Gasteiger partial charge in [0.2, 0.25) is 0 Å². The molecule has 1 aliphatic heterocycles. The fraction of sp³-hybridized carbons (Fsp3) is 0.167. The number of hydrogen-bond donors (Lipinski definition) is 0. The largest absolute Gasteiger partial charge is 0.489 e. The molecule has 0 N–H and O–H groups in total. The Labute approximate surface area is 226 Å². The molecule has 5 rings (SSSR count). The maximum Gasteiger partial charge on any atom is 0.264 e. The quantitative estimate of drug-likeness (QED) is 0.234. The number of carbonyl (C=O) groups excluding carboxylic acids is 1. The van der Waals surface area contributed by atoms with Crippen LogP contribution in [0, 0.1) is 11.3 Å². The van der Waals surface area contributed by atoms with Crippen LogP contribution in [0.5, 0.6) is 5.75 Å². The van der Waals surface area contributed by atoms with Crippen LogP contribution in [0.25, 0.3) is 23.0 Å². The maximum absolute atomic E-state index is 13.1. The lowest BCUT2D eigenvalue weighted by atomic mass is 10.1. The van der Waals surface area contributed by atoms with Gasteiger partial charge < -0.3 is 14.4 Å². The van der Waals surface area contributed by atoms with Gasteiger partial charge in [0, 0.05) is 35.4 Å². The van der Waals surface area contributed by atoms with Crippen LogP contribution in [-0.2, 0) is 16.1 Å². The molecule has 38 heavy (non-hydrogen) atoms. The molecule has 1 fully saturated rings. The van der Waals surface area contributed by atoms with Crippen LogP contribution in [0.4, 0.5) is 0 Å². The summed E-state index contributed by atoms with van der Waals surface area (Å²) in [5.41, 5.74) is 4.00. The Balaban J connectivity index is 1.49. The van der Waals surface area contributed by atoms with Crippen molar-refractivity contribution in [1.82, 2.24) is 14.7 Å². The number of ether oxygens (including phenoxy) is 2. The van der Waals surface area contributed by atoms with Crippen molar-refractivity contribution in [1.29, 1.82) is 5.26 Å². The molecule has 1 aromatic heterocycles. The highest BCUT2D eigenvalue weighted by Crippen LogP contribution is 2.29. The van der Waals surface area contributed by atoms with E-state index in [4.69, 9.17) is 26.2 Å². The standard InChI is InChI=1S/C30H25ClN4O3/c31-26-11-9-22(10-12-26)21-38-28-8-4-5-23(18-28)29-25(20-35(33-29)27-6-2-1-3-7-27)17-24(19-32)30(36)34-13-15-37-16-14-34/h1-12,17-18,20H,13-16,21H2/b24-17-. The Hall–Kier alpha value is -4.38. The van der Waals surface area contributed by atoms with E-state index in [0.717, 1.165) is 16.8 Å². The highest BCUT2D eigenvalue weighted by Gasteiger charge is 2.22. The number of carbonyl (C=O) groups is 1. The normalized spacial score (nSPS) is 13.7. The van der Waals surface area contributed by atoms with E-state index in [0.29, 0.717) is 54.9 Å². The van der Waals surface area contributed by atoms with E-state index < -0.39 is 0 Å². The first-order valence-corrected chi connectivity index (χ1v) is 12.6. The van der Waals surface area contributed by atoms with Gasteiger partial charge in [0.1, 0.15) is 29.7 Å². The van der Waals surface area contributed by atoms with Crippen molar-refractivity contribution < 1.29 is 14.3 Å². The van der Waals surface area contributed by atoms with Crippen LogP contribution in [-0.4, -0.2) is 46.9 Å². The first kappa shape index (κ1) is 25.3. The molecular weight excluding hydrogens is 500 g/mol. The average Bonchev–Trinajstić information content (AvgIpc) is 3.40. The fourth-order valence-corrected chi connectivity index (χ4v) is 4.27. The molecule has 0 unspecified atom stereocenters. The van der Waals surface area contributed by atoms with E-state index in [-0.39, 0.29) is 11.5 Å². The molecular formula is C30H25ClN4O3. The summed E-state index contributed by atoms with van der Waals surface area (Å²) in [5.74, 6) is 0.362. The molecule has 3 aromatic carbocycles. The second kappa shape index (κ2) is 11.8. The van der Waals surface area contributed by atoms with Crippen molar-refractivity contribution in [3.05, 3.63) is 107 Å². The summed E-state index contributed by atoms with van der Waals surface area (Å²) in [6.07, 6.45) is 3.44. The van der Waals surface area contributed by atoms with Gasteiger partial charge >= 0.3 is 0 Å². The van der Waals surface area contributed by atoms with E-state index in [2.05, 4.69) is 6.07 Å². The number of nitrogens with zero attached hydrogens (tertiary/aromatic N) is 4. The molecule has 1 saturated heterocycles. The molecule has 1 amide bonds. The van der Waals surface area contributed by atoms with Crippen LogP contribution in [0.15, 0.2) is 90.6 Å². The number of nitriles is 1. The molecule has 4 aromatic rings. The van der Waals surface area contributed by atoms with Gasteiger partial charge in [0.15, 0.2) is 0 Å². The van der Waals surface area contributed by atoms with E-state index in [1.165, 1.54) is 0 Å². The summed E-state index contributed by atoms with van der Waals surface area (Å²) < 4.78 is 13.1. The van der Waals surface area contributed by atoms with E-state index in [1.807, 2.05) is 85.1 Å². The highest BCUT2D eigenvalue weighted by molar-refractivity contribution is 6.30. The molecule has 190 valence electrons. The van der Waals surface area contributed by atoms with Crippen LogP contribution in [0.3, 0.4) is 0 Å². The fourth-order valence-electron chi connectivity index (χ4n) is 4.14. The summed E-state index contributed by atoms with van der Waals surface area (Å²) in [4.78, 5) is 14.7. The Morgan fingerprint density at radius 3 is 2.55 bits per heavy atom. The molecule has 7 nitrogen and oxygen atoms in total. The summed E-state index contributed by atoms with van der Waals surface area (Å²) in [6, 6.07) is 26.9. The Bertz CT molecular complexity index is 1480. The van der Waals surface area contributed by atoms with Crippen LogP contribution < -0.4 is 4.74 Å². The van der Waals surface area contributed by atoms with Crippen molar-refractivity contribution in [3.63, 3.8) is 0 Å². The minimum absolute atomic E-state index is 0.0518. The number of halogens is 1. The summed E-state index contributed by atoms with van der Waals surface area (Å²) >= 11 is 5.98. The molecule has 0 atom stereocenters. The third-order valence-electron chi connectivity index (χ3n) is 6.14. The zero-order valence-electron chi connectivity index (χ0n) is 20.6. The Morgan fingerprint density at radius 2 is 1.82 bits per heavy atom. The zero-order valence-corrected chi connectivity index (χ0v) is 21.3. The number of benzene rings is 3. The van der Waals surface area contributed by atoms with Crippen LogP contribution in [0.1, 0.15) is 11.1 Å². The molecule has 0 aliphatic carbocycles. The van der Waals surface area contributed by atoms with Crippen LogP contribution >= 0.6 is 11.6 Å². The zero-order chi connectivity index (χ0) is 26.3. The predicted molar refractivity (Wildman–Crippen MR) is 146 cm³/mol. The number of rotatable bonds is 7. The Kier molecular flexibility index (Phi) is 7.84. The van der Waals surface area contributed by atoms with Gasteiger partial charge in [0.25, 0.3) is 5.91 Å². The van der Waals surface area contributed by atoms with Gasteiger partial charge in [-0.2, -0.15) is 10.4 Å². The second-order valence-electron chi connectivity index (χ2n) is 8.73. The number of hydrogen-bond acceptors (Lipinski definition) is 5. The maximum atomic E-state index is 13.1. The van der Waals surface area contributed by atoms with Gasteiger partial charge in [0.05, 0.1) is 18.9 Å². The Morgan fingerprint density at radius 1 is 1.05 bits per heavy atom. The van der Waals surface area contributed by atoms with Gasteiger partial charge in [-0.25, -0.2) is 4.68 Å². The van der Waals surface area contributed by atoms with Gasteiger partial charge in [-0.05, 0) is 48.0 Å². The molecule has 1 aliphatic rings. The van der Waals surface area contributed by atoms with Crippen molar-refractivity contribution in [2.45, 2.75) is 6.61 Å². The molecule has 0 spiro atoms. The van der Waals surface area contributed by atoms with Crippen molar-refractivity contribution in [3.8, 4) is 28.8 Å². The molecule has 2 heterocycles. The molecule has 8 heteroatoms. The minimum atomic E-state index is -0.311. The number of aromatic nitrogens is 2. The summed E-state index contributed by atoms with van der Waals surface area (Å²) in [5, 5.41) is 15.4. The van der Waals surface area contributed by atoms with Crippen molar-refractivity contribution in [2.75, 3.05) is 26.3 Å². The third-order valence-corrected chi connectivity index (χ3v) is 6.39. The SMILES string of the molecule is N#C/C(=C/c1cn(-c2ccccc2)nc1-c1cccc(OCc2ccc(Cl)cc2)c1)C(=O)N1CCOCC1. The lowest BCUT2D eigenvalue weighted by molar-refractivity contribution is -0.130. The summed E-state index contributed by atoms with van der Waals surface area (Å²) in [7, 11) is 0. The van der Waals surface area contributed by atoms with Crippen molar-refractivity contribution in [2.24, 2.45) is 0 Å². The third kappa shape index (κ3) is 5.94. The van der Waals surface area contributed by atoms with Gasteiger partial charge in [-0.1, -0.05) is 54.1 Å². The average molecular weight is 525 g/mol. The first-order valence-electron chi connectivity index (χ1n) is 12.2. The molecule has 0 bridgehead atoms. The van der Waals surface area contributed by atoms with Crippen molar-refractivity contribution >= 4 is 23.6 Å². The van der Waals surface area contributed by atoms with E-state index in [1.54, 1.807) is 15.7 Å². The van der Waals surface area contributed by atoms with E-state index in [9.17, 15) is 10.1 Å². The van der Waals surface area contributed by atoms with Crippen LogP contribution in [0.2, 0.25) is 5.02 Å². The smallest absolute Gasteiger partial charge is 0.264 e.